The molecule has 16 heavy (non-hydrogen) atoms. The van der Waals surface area contributed by atoms with Gasteiger partial charge in [0.05, 0.1) is 23.5 Å². The van der Waals surface area contributed by atoms with Crippen LogP contribution in [0.1, 0.15) is 37.4 Å². The van der Waals surface area contributed by atoms with E-state index in [0.29, 0.717) is 0 Å². The van der Waals surface area contributed by atoms with E-state index in [9.17, 15) is 0 Å². The second-order valence-corrected chi connectivity index (χ2v) is 4.29. The van der Waals surface area contributed by atoms with Crippen molar-refractivity contribution in [2.75, 3.05) is 7.11 Å². The van der Waals surface area contributed by atoms with Gasteiger partial charge in [0.1, 0.15) is 0 Å². The van der Waals surface area contributed by atoms with Crippen molar-refractivity contribution >= 4 is 0 Å². The van der Waals surface area contributed by atoms with Crippen molar-refractivity contribution in [2.24, 2.45) is 5.84 Å². The van der Waals surface area contributed by atoms with Crippen LogP contribution in [0.3, 0.4) is 0 Å². The Labute approximate surface area is 95.4 Å². The monoisotopic (exact) mass is 222 g/mol. The first-order chi connectivity index (χ1) is 7.79. The lowest BCUT2D eigenvalue weighted by Gasteiger charge is -2.42. The minimum atomic E-state index is -0.0193. The number of nitrogens with zero attached hydrogens (tertiary/aromatic N) is 2. The van der Waals surface area contributed by atoms with E-state index < -0.39 is 0 Å². The molecule has 88 valence electrons. The molecule has 5 nitrogen and oxygen atoms in total. The highest BCUT2D eigenvalue weighted by Crippen LogP contribution is 2.41. The fourth-order valence-corrected chi connectivity index (χ4v) is 2.17. The summed E-state index contributed by atoms with van der Waals surface area (Å²) in [5.74, 6) is 5.57. The quantitative estimate of drug-likeness (QED) is 0.573. The Hall–Kier alpha value is -1.04. The molecule has 1 heterocycles. The average molecular weight is 222 g/mol. The molecule has 0 aliphatic heterocycles. The fourth-order valence-electron chi connectivity index (χ4n) is 2.17. The van der Waals surface area contributed by atoms with E-state index in [2.05, 4.69) is 15.4 Å². The van der Waals surface area contributed by atoms with Crippen molar-refractivity contribution in [3.63, 3.8) is 0 Å². The number of nitrogens with one attached hydrogen (secondary N) is 1. The standard InChI is InChI=1S/C11H18N4O/c1-16-11(3-2-4-11)7-9(15-12)10-8-13-5-6-14-10/h5-6,8-9,15H,2-4,7,12H2,1H3. The van der Waals surface area contributed by atoms with Gasteiger partial charge in [-0.25, -0.2) is 0 Å². The van der Waals surface area contributed by atoms with E-state index in [1.54, 1.807) is 25.7 Å². The molecular weight excluding hydrogens is 204 g/mol. The summed E-state index contributed by atoms with van der Waals surface area (Å²) in [6, 6.07) is 0.00829. The summed E-state index contributed by atoms with van der Waals surface area (Å²) in [6.45, 7) is 0. The van der Waals surface area contributed by atoms with Gasteiger partial charge in [-0.2, -0.15) is 0 Å². The van der Waals surface area contributed by atoms with Crippen molar-refractivity contribution in [1.82, 2.24) is 15.4 Å². The van der Waals surface area contributed by atoms with E-state index in [1.165, 1.54) is 6.42 Å². The molecule has 1 saturated carbocycles. The van der Waals surface area contributed by atoms with Crippen LogP contribution in [0.15, 0.2) is 18.6 Å². The highest BCUT2D eigenvalue weighted by molar-refractivity contribution is 5.05. The van der Waals surface area contributed by atoms with Crippen LogP contribution < -0.4 is 11.3 Å². The van der Waals surface area contributed by atoms with Gasteiger partial charge in [-0.15, -0.1) is 0 Å². The largest absolute Gasteiger partial charge is 0.378 e. The maximum atomic E-state index is 5.58. The van der Waals surface area contributed by atoms with E-state index >= 15 is 0 Å². The Morgan fingerprint density at radius 1 is 1.56 bits per heavy atom. The Bertz CT molecular complexity index is 321. The highest BCUT2D eigenvalue weighted by Gasteiger charge is 2.39. The molecule has 2 rings (SSSR count). The molecule has 0 aromatic carbocycles. The molecule has 0 amide bonds. The van der Waals surface area contributed by atoms with Gasteiger partial charge in [-0.05, 0) is 25.7 Å². The summed E-state index contributed by atoms with van der Waals surface area (Å²) in [6.07, 6.45) is 9.35. The van der Waals surface area contributed by atoms with Crippen LogP contribution >= 0.6 is 0 Å². The average Bonchev–Trinajstić information content (AvgIpc) is 2.30. The third-order valence-electron chi connectivity index (χ3n) is 3.42. The number of aromatic nitrogens is 2. The SMILES string of the molecule is COC1(CC(NN)c2cnccn2)CCC1. The van der Waals surface area contributed by atoms with E-state index in [1.807, 2.05) is 0 Å². The van der Waals surface area contributed by atoms with Crippen LogP contribution in [0, 0.1) is 0 Å². The molecule has 0 saturated heterocycles. The summed E-state index contributed by atoms with van der Waals surface area (Å²) in [7, 11) is 1.77. The number of hydrogen-bond acceptors (Lipinski definition) is 5. The van der Waals surface area contributed by atoms with Gasteiger partial charge < -0.3 is 4.74 Å². The third-order valence-corrected chi connectivity index (χ3v) is 3.42. The van der Waals surface area contributed by atoms with E-state index in [4.69, 9.17) is 10.6 Å². The minimum Gasteiger partial charge on any atom is -0.378 e. The van der Waals surface area contributed by atoms with Crippen LogP contribution in [0.25, 0.3) is 0 Å². The van der Waals surface area contributed by atoms with Gasteiger partial charge in [-0.1, -0.05) is 0 Å². The van der Waals surface area contributed by atoms with E-state index in [-0.39, 0.29) is 11.6 Å². The highest BCUT2D eigenvalue weighted by atomic mass is 16.5. The van der Waals surface area contributed by atoms with Gasteiger partial charge in [0, 0.05) is 19.5 Å². The van der Waals surface area contributed by atoms with Gasteiger partial charge in [0.25, 0.3) is 0 Å². The first-order valence-electron chi connectivity index (χ1n) is 5.57. The molecule has 0 spiro atoms. The van der Waals surface area contributed by atoms with Crippen LogP contribution in [0.4, 0.5) is 0 Å². The maximum absolute atomic E-state index is 5.58. The smallest absolute Gasteiger partial charge is 0.0770 e. The van der Waals surface area contributed by atoms with Crippen LogP contribution in [-0.2, 0) is 4.74 Å². The number of hydrogen-bond donors (Lipinski definition) is 2. The van der Waals surface area contributed by atoms with Gasteiger partial charge in [0.15, 0.2) is 0 Å². The van der Waals surface area contributed by atoms with Gasteiger partial charge in [-0.3, -0.25) is 21.2 Å². The lowest BCUT2D eigenvalue weighted by atomic mass is 9.75. The van der Waals surface area contributed by atoms with Crippen LogP contribution in [-0.4, -0.2) is 22.7 Å². The number of hydrazine groups is 1. The molecule has 1 aromatic heterocycles. The summed E-state index contributed by atoms with van der Waals surface area (Å²) < 4.78 is 5.58. The number of methoxy groups -OCH3 is 1. The zero-order valence-electron chi connectivity index (χ0n) is 9.52. The molecule has 5 heteroatoms. The minimum absolute atomic E-state index is 0.00829. The van der Waals surface area contributed by atoms with E-state index in [0.717, 1.165) is 25.0 Å². The molecule has 0 radical (unpaired) electrons. The normalized spacial score (nSPS) is 20.1. The molecule has 3 N–H and O–H groups in total. The van der Waals surface area contributed by atoms with Crippen LogP contribution in [0.5, 0.6) is 0 Å². The van der Waals surface area contributed by atoms with Gasteiger partial charge >= 0.3 is 0 Å². The maximum Gasteiger partial charge on any atom is 0.0770 e. The van der Waals surface area contributed by atoms with Crippen molar-refractivity contribution in [1.29, 1.82) is 0 Å². The summed E-state index contributed by atoms with van der Waals surface area (Å²) in [4.78, 5) is 8.32. The third kappa shape index (κ3) is 2.21. The molecule has 1 aromatic rings. The Balaban J connectivity index is 2.06. The summed E-state index contributed by atoms with van der Waals surface area (Å²) >= 11 is 0. The number of ether oxygens (including phenoxy) is 1. The molecule has 1 aliphatic carbocycles. The molecule has 1 aliphatic rings. The topological polar surface area (TPSA) is 73.1 Å². The lowest BCUT2D eigenvalue weighted by molar-refractivity contribution is -0.0841. The molecule has 1 fully saturated rings. The molecule has 1 atom stereocenters. The lowest BCUT2D eigenvalue weighted by Crippen LogP contribution is -2.44. The first kappa shape index (κ1) is 11.4. The zero-order chi connectivity index (χ0) is 11.4. The fraction of sp³-hybridized carbons (Fsp3) is 0.636. The number of nitrogens with two attached hydrogens (primary N) is 1. The predicted molar refractivity (Wildman–Crippen MR) is 60.3 cm³/mol. The Morgan fingerprint density at radius 3 is 2.81 bits per heavy atom. The van der Waals surface area contributed by atoms with Crippen molar-refractivity contribution in [3.8, 4) is 0 Å². The van der Waals surface area contributed by atoms with Crippen molar-refractivity contribution in [2.45, 2.75) is 37.3 Å². The van der Waals surface area contributed by atoms with Crippen molar-refractivity contribution in [3.05, 3.63) is 24.3 Å². The zero-order valence-corrected chi connectivity index (χ0v) is 9.52. The van der Waals surface area contributed by atoms with Gasteiger partial charge in [0.2, 0.25) is 0 Å². The molecule has 0 bridgehead atoms. The molecular formula is C11H18N4O. The summed E-state index contributed by atoms with van der Waals surface area (Å²) in [5, 5.41) is 0. The predicted octanol–water partition coefficient (Wildman–Crippen LogP) is 0.940. The first-order valence-corrected chi connectivity index (χ1v) is 5.57. The molecule has 1 unspecified atom stereocenters. The Morgan fingerprint density at radius 2 is 2.38 bits per heavy atom. The van der Waals surface area contributed by atoms with Crippen LogP contribution in [0.2, 0.25) is 0 Å². The summed E-state index contributed by atoms with van der Waals surface area (Å²) in [5.41, 5.74) is 3.64. The number of rotatable bonds is 5. The Kier molecular flexibility index (Phi) is 3.48. The second-order valence-electron chi connectivity index (χ2n) is 4.29. The second kappa shape index (κ2) is 4.86. The van der Waals surface area contributed by atoms with Crippen molar-refractivity contribution < 1.29 is 4.74 Å².